The van der Waals surface area contributed by atoms with Crippen LogP contribution in [0.25, 0.3) is 0 Å². The predicted octanol–water partition coefficient (Wildman–Crippen LogP) is 4.27. The SMILES string of the molecule is CCCCC(CCC)NC(C)C(=O)Nc1ccc(C)cc1. The smallest absolute Gasteiger partial charge is 0.241 e. The molecule has 118 valence electrons. The van der Waals surface area contributed by atoms with E-state index in [0.717, 1.165) is 24.9 Å². The number of nitrogens with one attached hydrogen (secondary N) is 2. The molecule has 3 nitrogen and oxygen atoms in total. The van der Waals surface area contributed by atoms with Gasteiger partial charge in [0.2, 0.25) is 5.91 Å². The molecule has 21 heavy (non-hydrogen) atoms. The molecule has 1 rings (SSSR count). The van der Waals surface area contributed by atoms with Crippen LogP contribution < -0.4 is 10.6 Å². The first-order valence-electron chi connectivity index (χ1n) is 8.20. The molecule has 1 amide bonds. The van der Waals surface area contributed by atoms with Gasteiger partial charge in [0.1, 0.15) is 0 Å². The Labute approximate surface area is 129 Å². The van der Waals surface area contributed by atoms with Crippen molar-refractivity contribution in [2.75, 3.05) is 5.32 Å². The average Bonchev–Trinajstić information content (AvgIpc) is 2.47. The quantitative estimate of drug-likeness (QED) is 0.713. The third-order valence-electron chi connectivity index (χ3n) is 3.74. The van der Waals surface area contributed by atoms with Crippen molar-refractivity contribution < 1.29 is 4.79 Å². The zero-order valence-corrected chi connectivity index (χ0v) is 13.9. The number of aryl methyl sites for hydroxylation is 1. The molecular weight excluding hydrogens is 260 g/mol. The van der Waals surface area contributed by atoms with E-state index >= 15 is 0 Å². The van der Waals surface area contributed by atoms with Crippen molar-refractivity contribution in [2.45, 2.75) is 71.9 Å². The fraction of sp³-hybridized carbons (Fsp3) is 0.611. The molecule has 0 aliphatic carbocycles. The number of benzene rings is 1. The minimum Gasteiger partial charge on any atom is -0.325 e. The highest BCUT2D eigenvalue weighted by molar-refractivity contribution is 5.94. The molecule has 0 aromatic heterocycles. The van der Waals surface area contributed by atoms with Crippen molar-refractivity contribution in [2.24, 2.45) is 0 Å². The number of carbonyl (C=O) groups excluding carboxylic acids is 1. The van der Waals surface area contributed by atoms with E-state index in [-0.39, 0.29) is 11.9 Å². The predicted molar refractivity (Wildman–Crippen MR) is 90.6 cm³/mol. The molecule has 2 N–H and O–H groups in total. The second-order valence-corrected chi connectivity index (χ2v) is 5.87. The van der Waals surface area contributed by atoms with Gasteiger partial charge in [-0.1, -0.05) is 50.8 Å². The molecular formula is C18H30N2O. The molecule has 0 heterocycles. The average molecular weight is 290 g/mol. The first kappa shape index (κ1) is 17.7. The molecule has 1 aromatic carbocycles. The lowest BCUT2D eigenvalue weighted by molar-refractivity contribution is -0.118. The van der Waals surface area contributed by atoms with Gasteiger partial charge in [-0.15, -0.1) is 0 Å². The van der Waals surface area contributed by atoms with Crippen molar-refractivity contribution in [3.05, 3.63) is 29.8 Å². The van der Waals surface area contributed by atoms with E-state index in [1.165, 1.54) is 18.4 Å². The van der Waals surface area contributed by atoms with Crippen LogP contribution in [0.5, 0.6) is 0 Å². The van der Waals surface area contributed by atoms with Gasteiger partial charge < -0.3 is 10.6 Å². The largest absolute Gasteiger partial charge is 0.325 e. The van der Waals surface area contributed by atoms with Gasteiger partial charge >= 0.3 is 0 Å². The monoisotopic (exact) mass is 290 g/mol. The van der Waals surface area contributed by atoms with Crippen LogP contribution in [0.1, 0.15) is 58.4 Å². The number of anilines is 1. The van der Waals surface area contributed by atoms with E-state index in [0.29, 0.717) is 6.04 Å². The Morgan fingerprint density at radius 2 is 1.76 bits per heavy atom. The van der Waals surface area contributed by atoms with Crippen LogP contribution >= 0.6 is 0 Å². The van der Waals surface area contributed by atoms with E-state index in [9.17, 15) is 4.79 Å². The van der Waals surface area contributed by atoms with Crippen LogP contribution in [0.4, 0.5) is 5.69 Å². The maximum Gasteiger partial charge on any atom is 0.241 e. The van der Waals surface area contributed by atoms with Gasteiger partial charge in [0.05, 0.1) is 6.04 Å². The maximum absolute atomic E-state index is 12.2. The zero-order valence-electron chi connectivity index (χ0n) is 13.9. The molecule has 0 radical (unpaired) electrons. The van der Waals surface area contributed by atoms with Crippen LogP contribution in [-0.4, -0.2) is 18.0 Å². The summed E-state index contributed by atoms with van der Waals surface area (Å²) in [6.45, 7) is 8.38. The molecule has 3 heteroatoms. The topological polar surface area (TPSA) is 41.1 Å². The Morgan fingerprint density at radius 3 is 2.33 bits per heavy atom. The number of hydrogen-bond acceptors (Lipinski definition) is 2. The van der Waals surface area contributed by atoms with Crippen molar-refractivity contribution in [3.63, 3.8) is 0 Å². The molecule has 0 aliphatic heterocycles. The summed E-state index contributed by atoms with van der Waals surface area (Å²) in [6.07, 6.45) is 5.83. The third kappa shape index (κ3) is 6.76. The van der Waals surface area contributed by atoms with Crippen molar-refractivity contribution >= 4 is 11.6 Å². The van der Waals surface area contributed by atoms with E-state index < -0.39 is 0 Å². The first-order chi connectivity index (χ1) is 10.1. The highest BCUT2D eigenvalue weighted by Crippen LogP contribution is 2.11. The summed E-state index contributed by atoms with van der Waals surface area (Å²) in [6, 6.07) is 8.18. The summed E-state index contributed by atoms with van der Waals surface area (Å²) in [7, 11) is 0. The Hall–Kier alpha value is -1.35. The van der Waals surface area contributed by atoms with Crippen LogP contribution in [0.2, 0.25) is 0 Å². The standard InChI is InChI=1S/C18H30N2O/c1-5-7-9-16(8-6-2)19-15(4)18(21)20-17-12-10-14(3)11-13-17/h10-13,15-16,19H,5-9H2,1-4H3,(H,20,21). The fourth-order valence-corrected chi connectivity index (χ4v) is 2.43. The Morgan fingerprint density at radius 1 is 1.10 bits per heavy atom. The number of unbranched alkanes of at least 4 members (excludes halogenated alkanes) is 1. The van der Waals surface area contributed by atoms with Crippen LogP contribution in [-0.2, 0) is 4.79 Å². The Bertz CT molecular complexity index is 414. The van der Waals surface area contributed by atoms with Gasteiger partial charge in [-0.2, -0.15) is 0 Å². The molecule has 0 saturated carbocycles. The van der Waals surface area contributed by atoms with Gasteiger partial charge in [-0.05, 0) is 38.8 Å². The maximum atomic E-state index is 12.2. The number of amides is 1. The second kappa shape index (κ2) is 9.56. The van der Waals surface area contributed by atoms with E-state index in [2.05, 4.69) is 24.5 Å². The summed E-state index contributed by atoms with van der Waals surface area (Å²) in [5.41, 5.74) is 2.06. The number of carbonyl (C=O) groups is 1. The summed E-state index contributed by atoms with van der Waals surface area (Å²) < 4.78 is 0. The van der Waals surface area contributed by atoms with Gasteiger partial charge in [0.25, 0.3) is 0 Å². The third-order valence-corrected chi connectivity index (χ3v) is 3.74. The van der Waals surface area contributed by atoms with Gasteiger partial charge in [0.15, 0.2) is 0 Å². The number of hydrogen-bond donors (Lipinski definition) is 2. The summed E-state index contributed by atoms with van der Waals surface area (Å²) in [4.78, 5) is 12.2. The van der Waals surface area contributed by atoms with Gasteiger partial charge in [-0.3, -0.25) is 4.79 Å². The lowest BCUT2D eigenvalue weighted by Gasteiger charge is -2.22. The lowest BCUT2D eigenvalue weighted by atomic mass is 10.0. The van der Waals surface area contributed by atoms with Gasteiger partial charge in [0, 0.05) is 11.7 Å². The highest BCUT2D eigenvalue weighted by Gasteiger charge is 2.17. The Balaban J connectivity index is 2.49. The minimum atomic E-state index is -0.167. The van der Waals surface area contributed by atoms with E-state index in [1.54, 1.807) is 0 Å². The number of rotatable bonds is 9. The molecule has 2 atom stereocenters. The van der Waals surface area contributed by atoms with E-state index in [4.69, 9.17) is 0 Å². The molecule has 2 unspecified atom stereocenters. The zero-order chi connectivity index (χ0) is 15.7. The summed E-state index contributed by atoms with van der Waals surface area (Å²) in [5.74, 6) is 0.0384. The normalized spacial score (nSPS) is 13.7. The highest BCUT2D eigenvalue weighted by atomic mass is 16.2. The molecule has 0 saturated heterocycles. The van der Waals surface area contributed by atoms with Crippen molar-refractivity contribution in [1.29, 1.82) is 0 Å². The first-order valence-corrected chi connectivity index (χ1v) is 8.20. The van der Waals surface area contributed by atoms with Crippen molar-refractivity contribution in [3.8, 4) is 0 Å². The minimum absolute atomic E-state index is 0.0384. The molecule has 0 bridgehead atoms. The fourth-order valence-electron chi connectivity index (χ4n) is 2.43. The summed E-state index contributed by atoms with van der Waals surface area (Å²) in [5, 5.41) is 6.44. The van der Waals surface area contributed by atoms with Crippen LogP contribution in [0.15, 0.2) is 24.3 Å². The van der Waals surface area contributed by atoms with Crippen molar-refractivity contribution in [1.82, 2.24) is 5.32 Å². The molecule has 0 aliphatic rings. The van der Waals surface area contributed by atoms with E-state index in [1.807, 2.05) is 38.1 Å². The lowest BCUT2D eigenvalue weighted by Crippen LogP contribution is -2.44. The molecule has 0 spiro atoms. The van der Waals surface area contributed by atoms with Crippen LogP contribution in [0, 0.1) is 6.92 Å². The second-order valence-electron chi connectivity index (χ2n) is 5.87. The summed E-state index contributed by atoms with van der Waals surface area (Å²) >= 11 is 0. The van der Waals surface area contributed by atoms with Crippen LogP contribution in [0.3, 0.4) is 0 Å². The Kier molecular flexibility index (Phi) is 8.06. The molecule has 1 aromatic rings. The van der Waals surface area contributed by atoms with Gasteiger partial charge in [-0.25, -0.2) is 0 Å². The molecule has 0 fully saturated rings.